The average Bonchev–Trinajstić information content (AvgIpc) is 2.72. The van der Waals surface area contributed by atoms with Crippen LogP contribution in [-0.4, -0.2) is 56.5 Å². The maximum atomic E-state index is 13.6. The van der Waals surface area contributed by atoms with Crippen molar-refractivity contribution in [2.24, 2.45) is 0 Å². The predicted octanol–water partition coefficient (Wildman–Crippen LogP) is 2.05. The standard InChI is InChI=1S/C20H21F2N3O3/c1-28-16-4-2-3-15(12-16)24-7-9-25(10-8-24)19(26)13-23-20(27)17-6-5-14(21)11-18(17)22/h2-6,11-12H,7-10,13H2,1H3,(H,23,27). The van der Waals surface area contributed by atoms with Crippen molar-refractivity contribution in [3.8, 4) is 5.75 Å². The van der Waals surface area contributed by atoms with Gasteiger partial charge in [0.25, 0.3) is 5.91 Å². The normalized spacial score (nSPS) is 14.0. The Bertz CT molecular complexity index is 868. The van der Waals surface area contributed by atoms with Gasteiger partial charge in [-0.1, -0.05) is 6.07 Å². The van der Waals surface area contributed by atoms with E-state index in [0.717, 1.165) is 23.6 Å². The molecule has 0 unspecified atom stereocenters. The van der Waals surface area contributed by atoms with Crippen LogP contribution in [0.3, 0.4) is 0 Å². The summed E-state index contributed by atoms with van der Waals surface area (Å²) in [5, 5.41) is 2.39. The number of carbonyl (C=O) groups excluding carboxylic acids is 2. The quantitative estimate of drug-likeness (QED) is 0.850. The van der Waals surface area contributed by atoms with E-state index >= 15 is 0 Å². The molecule has 3 rings (SSSR count). The lowest BCUT2D eigenvalue weighted by atomic mass is 10.2. The highest BCUT2D eigenvalue weighted by molar-refractivity contribution is 5.96. The summed E-state index contributed by atoms with van der Waals surface area (Å²) >= 11 is 0. The highest BCUT2D eigenvalue weighted by Gasteiger charge is 2.22. The number of hydrogen-bond acceptors (Lipinski definition) is 4. The fraction of sp³-hybridized carbons (Fsp3) is 0.300. The third-order valence-corrected chi connectivity index (χ3v) is 4.63. The van der Waals surface area contributed by atoms with Crippen molar-refractivity contribution in [1.82, 2.24) is 10.2 Å². The van der Waals surface area contributed by atoms with E-state index in [1.807, 2.05) is 24.3 Å². The maximum Gasteiger partial charge on any atom is 0.254 e. The number of methoxy groups -OCH3 is 1. The Morgan fingerprint density at radius 1 is 1.07 bits per heavy atom. The van der Waals surface area contributed by atoms with Crippen LogP contribution in [0.15, 0.2) is 42.5 Å². The van der Waals surface area contributed by atoms with Crippen LogP contribution in [0.5, 0.6) is 5.75 Å². The summed E-state index contributed by atoms with van der Waals surface area (Å²) in [4.78, 5) is 28.1. The van der Waals surface area contributed by atoms with Crippen LogP contribution in [-0.2, 0) is 4.79 Å². The zero-order valence-corrected chi connectivity index (χ0v) is 15.5. The SMILES string of the molecule is COc1cccc(N2CCN(C(=O)CNC(=O)c3ccc(F)cc3F)CC2)c1. The van der Waals surface area contributed by atoms with Gasteiger partial charge in [-0.3, -0.25) is 9.59 Å². The van der Waals surface area contributed by atoms with Crippen LogP contribution in [0, 0.1) is 11.6 Å². The summed E-state index contributed by atoms with van der Waals surface area (Å²) in [6, 6.07) is 10.4. The maximum absolute atomic E-state index is 13.6. The molecule has 0 radical (unpaired) electrons. The molecule has 1 aliphatic heterocycles. The molecule has 1 aliphatic rings. The third-order valence-electron chi connectivity index (χ3n) is 4.63. The van der Waals surface area contributed by atoms with Gasteiger partial charge in [-0.2, -0.15) is 0 Å². The van der Waals surface area contributed by atoms with Gasteiger partial charge in [0.2, 0.25) is 5.91 Å². The lowest BCUT2D eigenvalue weighted by Gasteiger charge is -2.36. The Morgan fingerprint density at radius 3 is 2.50 bits per heavy atom. The molecular weight excluding hydrogens is 368 g/mol. The fourth-order valence-corrected chi connectivity index (χ4v) is 3.06. The number of nitrogens with zero attached hydrogens (tertiary/aromatic N) is 2. The molecule has 6 nitrogen and oxygen atoms in total. The van der Waals surface area contributed by atoms with Gasteiger partial charge in [0.05, 0.1) is 19.2 Å². The first kappa shape index (κ1) is 19.6. The summed E-state index contributed by atoms with van der Waals surface area (Å²) in [6.45, 7) is 2.08. The van der Waals surface area contributed by atoms with Gasteiger partial charge in [0.1, 0.15) is 17.4 Å². The molecule has 2 aromatic carbocycles. The fourth-order valence-electron chi connectivity index (χ4n) is 3.06. The topological polar surface area (TPSA) is 61.9 Å². The van der Waals surface area contributed by atoms with Crippen molar-refractivity contribution >= 4 is 17.5 Å². The molecular formula is C20H21F2N3O3. The van der Waals surface area contributed by atoms with Gasteiger partial charge < -0.3 is 19.9 Å². The van der Waals surface area contributed by atoms with Crippen LogP contribution >= 0.6 is 0 Å². The van der Waals surface area contributed by atoms with E-state index in [0.29, 0.717) is 32.2 Å². The second-order valence-electron chi connectivity index (χ2n) is 6.38. The number of nitrogens with one attached hydrogen (secondary N) is 1. The smallest absolute Gasteiger partial charge is 0.254 e. The molecule has 1 fully saturated rings. The van der Waals surface area contributed by atoms with Crippen molar-refractivity contribution in [2.75, 3.05) is 44.7 Å². The van der Waals surface area contributed by atoms with Crippen LogP contribution in [0.4, 0.5) is 14.5 Å². The Labute approximate surface area is 161 Å². The highest BCUT2D eigenvalue weighted by atomic mass is 19.1. The molecule has 1 N–H and O–H groups in total. The van der Waals surface area contributed by atoms with Crippen LogP contribution in [0.1, 0.15) is 10.4 Å². The Balaban J connectivity index is 1.50. The third kappa shape index (κ3) is 4.57. The first-order valence-corrected chi connectivity index (χ1v) is 8.88. The molecule has 1 heterocycles. The van der Waals surface area contributed by atoms with Crippen LogP contribution in [0.2, 0.25) is 0 Å². The van der Waals surface area contributed by atoms with E-state index in [1.165, 1.54) is 0 Å². The number of ether oxygens (including phenoxy) is 1. The average molecular weight is 389 g/mol. The van der Waals surface area contributed by atoms with Crippen molar-refractivity contribution in [3.63, 3.8) is 0 Å². The zero-order chi connectivity index (χ0) is 20.1. The van der Waals surface area contributed by atoms with E-state index in [-0.39, 0.29) is 18.0 Å². The van der Waals surface area contributed by atoms with Crippen molar-refractivity contribution in [3.05, 3.63) is 59.7 Å². The summed E-state index contributed by atoms with van der Waals surface area (Å²) in [5.74, 6) is -1.95. The molecule has 148 valence electrons. The highest BCUT2D eigenvalue weighted by Crippen LogP contribution is 2.22. The zero-order valence-electron chi connectivity index (χ0n) is 15.5. The number of amides is 2. The van der Waals surface area contributed by atoms with E-state index in [9.17, 15) is 18.4 Å². The van der Waals surface area contributed by atoms with Crippen LogP contribution < -0.4 is 15.0 Å². The van der Waals surface area contributed by atoms with Crippen molar-refractivity contribution in [1.29, 1.82) is 0 Å². The van der Waals surface area contributed by atoms with Gasteiger partial charge in [-0.05, 0) is 24.3 Å². The van der Waals surface area contributed by atoms with E-state index in [2.05, 4.69) is 10.2 Å². The van der Waals surface area contributed by atoms with Gasteiger partial charge in [0, 0.05) is 44.0 Å². The minimum absolute atomic E-state index is 0.241. The first-order valence-electron chi connectivity index (χ1n) is 8.88. The minimum atomic E-state index is -0.961. The molecule has 0 bridgehead atoms. The molecule has 0 aliphatic carbocycles. The van der Waals surface area contributed by atoms with E-state index < -0.39 is 17.5 Å². The molecule has 0 saturated carbocycles. The van der Waals surface area contributed by atoms with Gasteiger partial charge in [-0.25, -0.2) is 8.78 Å². The molecule has 28 heavy (non-hydrogen) atoms. The van der Waals surface area contributed by atoms with Gasteiger partial charge in [0.15, 0.2) is 0 Å². The first-order chi connectivity index (χ1) is 13.5. The van der Waals surface area contributed by atoms with E-state index in [1.54, 1.807) is 12.0 Å². The molecule has 2 amide bonds. The number of hydrogen-bond donors (Lipinski definition) is 1. The van der Waals surface area contributed by atoms with Gasteiger partial charge >= 0.3 is 0 Å². The summed E-state index contributed by atoms with van der Waals surface area (Å²) in [7, 11) is 1.61. The largest absolute Gasteiger partial charge is 0.497 e. The molecule has 1 saturated heterocycles. The lowest BCUT2D eigenvalue weighted by Crippen LogP contribution is -2.51. The molecule has 8 heteroatoms. The number of benzene rings is 2. The summed E-state index contributed by atoms with van der Waals surface area (Å²) in [5.41, 5.74) is 0.726. The monoisotopic (exact) mass is 389 g/mol. The Morgan fingerprint density at radius 2 is 1.82 bits per heavy atom. The van der Waals surface area contributed by atoms with Gasteiger partial charge in [-0.15, -0.1) is 0 Å². The molecule has 0 atom stereocenters. The number of carbonyl (C=O) groups is 2. The number of rotatable bonds is 5. The molecule has 2 aromatic rings. The molecule has 0 aromatic heterocycles. The van der Waals surface area contributed by atoms with Crippen molar-refractivity contribution in [2.45, 2.75) is 0 Å². The predicted molar refractivity (Wildman–Crippen MR) is 100 cm³/mol. The Kier molecular flexibility index (Phi) is 6.08. The Hall–Kier alpha value is -3.16. The molecule has 0 spiro atoms. The van der Waals surface area contributed by atoms with Crippen LogP contribution in [0.25, 0.3) is 0 Å². The number of halogens is 2. The second-order valence-corrected chi connectivity index (χ2v) is 6.38. The second kappa shape index (κ2) is 8.69. The lowest BCUT2D eigenvalue weighted by molar-refractivity contribution is -0.130. The minimum Gasteiger partial charge on any atom is -0.497 e. The van der Waals surface area contributed by atoms with E-state index in [4.69, 9.17) is 4.74 Å². The number of piperazine rings is 1. The summed E-state index contributed by atoms with van der Waals surface area (Å²) in [6.07, 6.45) is 0. The summed E-state index contributed by atoms with van der Waals surface area (Å²) < 4.78 is 31.8. The number of anilines is 1. The van der Waals surface area contributed by atoms with Crippen molar-refractivity contribution < 1.29 is 23.1 Å².